The lowest BCUT2D eigenvalue weighted by Crippen LogP contribution is -2.44. The molecule has 1 saturated carbocycles. The Morgan fingerprint density at radius 2 is 2.07 bits per heavy atom. The number of nitrogens with one attached hydrogen (secondary N) is 1. The Morgan fingerprint density at radius 3 is 2.67 bits per heavy atom. The quantitative estimate of drug-likeness (QED) is 0.689. The van der Waals surface area contributed by atoms with Gasteiger partial charge in [-0.15, -0.1) is 0 Å². The molecule has 2 aliphatic rings. The molecule has 0 spiro atoms. The Kier molecular flexibility index (Phi) is 4.42. The van der Waals surface area contributed by atoms with E-state index in [-0.39, 0.29) is 0 Å². The third-order valence-electron chi connectivity index (χ3n) is 3.53. The van der Waals surface area contributed by atoms with Crippen molar-refractivity contribution < 1.29 is 5.11 Å². The van der Waals surface area contributed by atoms with Crippen molar-refractivity contribution in [2.45, 2.75) is 50.6 Å². The van der Waals surface area contributed by atoms with Crippen molar-refractivity contribution in [1.82, 2.24) is 10.2 Å². The normalized spacial score (nSPS) is 27.2. The lowest BCUT2D eigenvalue weighted by Gasteiger charge is -2.30. The Balaban J connectivity index is 1.72. The van der Waals surface area contributed by atoms with Crippen LogP contribution in [0.3, 0.4) is 0 Å². The summed E-state index contributed by atoms with van der Waals surface area (Å²) in [4.78, 5) is 2.58. The van der Waals surface area contributed by atoms with E-state index >= 15 is 0 Å². The van der Waals surface area contributed by atoms with E-state index in [0.29, 0.717) is 12.6 Å². The predicted molar refractivity (Wildman–Crippen MR) is 61.9 cm³/mol. The van der Waals surface area contributed by atoms with Crippen LogP contribution in [0.15, 0.2) is 0 Å². The lowest BCUT2D eigenvalue weighted by molar-refractivity contribution is 0.191. The van der Waals surface area contributed by atoms with E-state index in [1.807, 2.05) is 0 Å². The van der Waals surface area contributed by atoms with Gasteiger partial charge in [-0.3, -0.25) is 4.90 Å². The first-order valence-electron chi connectivity index (χ1n) is 6.48. The number of aliphatic hydroxyl groups is 1. The van der Waals surface area contributed by atoms with Crippen molar-refractivity contribution in [3.8, 4) is 0 Å². The monoisotopic (exact) mass is 212 g/mol. The van der Waals surface area contributed by atoms with Gasteiger partial charge in [-0.2, -0.15) is 0 Å². The van der Waals surface area contributed by atoms with E-state index in [2.05, 4.69) is 10.2 Å². The standard InChI is InChI=1S/C12H24N2O/c15-9-3-8-14(12-5-6-12)10-11-4-1-2-7-13-11/h11-13,15H,1-10H2. The Hall–Kier alpha value is -0.120. The zero-order chi connectivity index (χ0) is 10.5. The summed E-state index contributed by atoms with van der Waals surface area (Å²) in [6.07, 6.45) is 7.74. The summed E-state index contributed by atoms with van der Waals surface area (Å²) >= 11 is 0. The van der Waals surface area contributed by atoms with Crippen LogP contribution in [-0.2, 0) is 0 Å². The summed E-state index contributed by atoms with van der Waals surface area (Å²) in [5.74, 6) is 0. The second kappa shape index (κ2) is 5.83. The first-order chi connectivity index (χ1) is 7.40. The Bertz CT molecular complexity index is 176. The summed E-state index contributed by atoms with van der Waals surface area (Å²) in [5, 5.41) is 12.5. The fraction of sp³-hybridized carbons (Fsp3) is 1.00. The number of piperidine rings is 1. The van der Waals surface area contributed by atoms with Crippen LogP contribution in [0.4, 0.5) is 0 Å². The minimum atomic E-state index is 0.335. The minimum absolute atomic E-state index is 0.335. The minimum Gasteiger partial charge on any atom is -0.396 e. The van der Waals surface area contributed by atoms with Crippen LogP contribution in [0.25, 0.3) is 0 Å². The van der Waals surface area contributed by atoms with Gasteiger partial charge in [-0.1, -0.05) is 6.42 Å². The maximum absolute atomic E-state index is 8.88. The maximum Gasteiger partial charge on any atom is 0.0443 e. The molecule has 2 N–H and O–H groups in total. The van der Waals surface area contributed by atoms with Crippen molar-refractivity contribution in [3.63, 3.8) is 0 Å². The van der Waals surface area contributed by atoms with Crippen LogP contribution in [0.2, 0.25) is 0 Å². The molecule has 3 nitrogen and oxygen atoms in total. The molecule has 0 amide bonds. The van der Waals surface area contributed by atoms with Crippen molar-refractivity contribution in [1.29, 1.82) is 0 Å². The molecular weight excluding hydrogens is 188 g/mol. The van der Waals surface area contributed by atoms with E-state index < -0.39 is 0 Å². The number of aliphatic hydroxyl groups excluding tert-OH is 1. The number of nitrogens with zero attached hydrogens (tertiary/aromatic N) is 1. The van der Waals surface area contributed by atoms with Gasteiger partial charge in [-0.25, -0.2) is 0 Å². The summed E-state index contributed by atoms with van der Waals surface area (Å²) < 4.78 is 0. The van der Waals surface area contributed by atoms with Crippen LogP contribution in [0.1, 0.15) is 38.5 Å². The molecule has 2 fully saturated rings. The average Bonchev–Trinajstić information content (AvgIpc) is 3.09. The maximum atomic E-state index is 8.88. The SMILES string of the molecule is OCCCN(CC1CCCCN1)C1CC1. The smallest absolute Gasteiger partial charge is 0.0443 e. The lowest BCUT2D eigenvalue weighted by atomic mass is 10.0. The molecule has 1 saturated heterocycles. The molecule has 1 aliphatic heterocycles. The van der Waals surface area contributed by atoms with E-state index in [1.54, 1.807) is 0 Å². The number of hydrogen-bond acceptors (Lipinski definition) is 3. The first-order valence-corrected chi connectivity index (χ1v) is 6.48. The summed E-state index contributed by atoms with van der Waals surface area (Å²) in [5.41, 5.74) is 0. The molecule has 1 aliphatic carbocycles. The molecule has 0 aromatic carbocycles. The highest BCUT2D eigenvalue weighted by Gasteiger charge is 2.30. The third-order valence-corrected chi connectivity index (χ3v) is 3.53. The van der Waals surface area contributed by atoms with Gasteiger partial charge in [0.05, 0.1) is 0 Å². The van der Waals surface area contributed by atoms with Gasteiger partial charge < -0.3 is 10.4 Å². The van der Waals surface area contributed by atoms with Gasteiger partial charge in [-0.05, 0) is 38.6 Å². The van der Waals surface area contributed by atoms with Crippen molar-refractivity contribution in [2.75, 3.05) is 26.2 Å². The van der Waals surface area contributed by atoms with Crippen molar-refractivity contribution >= 4 is 0 Å². The molecule has 1 unspecified atom stereocenters. The van der Waals surface area contributed by atoms with Gasteiger partial charge >= 0.3 is 0 Å². The number of rotatable bonds is 6. The van der Waals surface area contributed by atoms with Crippen LogP contribution < -0.4 is 5.32 Å². The molecule has 3 heteroatoms. The zero-order valence-electron chi connectivity index (χ0n) is 9.62. The van der Waals surface area contributed by atoms with E-state index in [9.17, 15) is 0 Å². The van der Waals surface area contributed by atoms with Gasteiger partial charge in [0.25, 0.3) is 0 Å². The molecule has 2 rings (SSSR count). The molecule has 1 heterocycles. The highest BCUT2D eigenvalue weighted by molar-refractivity contribution is 4.87. The van der Waals surface area contributed by atoms with Crippen LogP contribution >= 0.6 is 0 Å². The Morgan fingerprint density at radius 1 is 1.20 bits per heavy atom. The third kappa shape index (κ3) is 3.74. The van der Waals surface area contributed by atoms with Gasteiger partial charge in [0.15, 0.2) is 0 Å². The highest BCUT2D eigenvalue weighted by Crippen LogP contribution is 2.27. The molecule has 0 radical (unpaired) electrons. The van der Waals surface area contributed by atoms with Crippen LogP contribution in [0.5, 0.6) is 0 Å². The van der Waals surface area contributed by atoms with E-state index in [0.717, 1.165) is 19.0 Å². The molecular formula is C12H24N2O. The fourth-order valence-electron chi connectivity index (χ4n) is 2.50. The zero-order valence-corrected chi connectivity index (χ0v) is 9.62. The summed E-state index contributed by atoms with van der Waals surface area (Å²) in [6.45, 7) is 3.81. The largest absolute Gasteiger partial charge is 0.396 e. The molecule has 0 aromatic heterocycles. The average molecular weight is 212 g/mol. The van der Waals surface area contributed by atoms with Crippen LogP contribution in [-0.4, -0.2) is 48.3 Å². The summed E-state index contributed by atoms with van der Waals surface area (Å²) in [7, 11) is 0. The topological polar surface area (TPSA) is 35.5 Å². The van der Waals surface area contributed by atoms with E-state index in [1.165, 1.54) is 45.2 Å². The van der Waals surface area contributed by atoms with Gasteiger partial charge in [0.1, 0.15) is 0 Å². The number of hydrogen-bond donors (Lipinski definition) is 2. The van der Waals surface area contributed by atoms with Crippen molar-refractivity contribution in [3.05, 3.63) is 0 Å². The molecule has 15 heavy (non-hydrogen) atoms. The van der Waals surface area contributed by atoms with E-state index in [4.69, 9.17) is 5.11 Å². The predicted octanol–water partition coefficient (Wildman–Crippen LogP) is 0.975. The second-order valence-corrected chi connectivity index (χ2v) is 4.95. The molecule has 88 valence electrons. The van der Waals surface area contributed by atoms with Gasteiger partial charge in [0, 0.05) is 31.8 Å². The fourth-order valence-corrected chi connectivity index (χ4v) is 2.50. The first kappa shape index (κ1) is 11.4. The molecule has 0 aromatic rings. The highest BCUT2D eigenvalue weighted by atomic mass is 16.3. The Labute approximate surface area is 92.8 Å². The summed E-state index contributed by atoms with van der Waals surface area (Å²) in [6, 6.07) is 1.54. The second-order valence-electron chi connectivity index (χ2n) is 4.95. The van der Waals surface area contributed by atoms with Gasteiger partial charge in [0.2, 0.25) is 0 Å². The molecule has 1 atom stereocenters. The van der Waals surface area contributed by atoms with Crippen LogP contribution in [0, 0.1) is 0 Å². The molecule has 0 bridgehead atoms. The van der Waals surface area contributed by atoms with Crippen molar-refractivity contribution in [2.24, 2.45) is 0 Å².